The lowest BCUT2D eigenvalue weighted by Gasteiger charge is -2.10. The van der Waals surface area contributed by atoms with E-state index in [9.17, 15) is 19.1 Å². The lowest BCUT2D eigenvalue weighted by Crippen LogP contribution is -2.23. The van der Waals surface area contributed by atoms with Crippen molar-refractivity contribution >= 4 is 17.1 Å². The van der Waals surface area contributed by atoms with Crippen LogP contribution < -0.4 is 11.0 Å². The van der Waals surface area contributed by atoms with Gasteiger partial charge in [-0.15, -0.1) is 0 Å². The van der Waals surface area contributed by atoms with Crippen LogP contribution in [-0.2, 0) is 13.0 Å². The zero-order valence-electron chi connectivity index (χ0n) is 12.6. The van der Waals surface area contributed by atoms with Gasteiger partial charge in [0.25, 0.3) is 5.56 Å². The second-order valence-corrected chi connectivity index (χ2v) is 5.79. The molecule has 1 aromatic carbocycles. The second kappa shape index (κ2) is 6.49. The zero-order chi connectivity index (χ0) is 17.3. The molecule has 0 spiro atoms. The summed E-state index contributed by atoms with van der Waals surface area (Å²) in [5.41, 5.74) is -0.753. The molecule has 124 valence electrons. The molecule has 2 heterocycles. The summed E-state index contributed by atoms with van der Waals surface area (Å²) in [5, 5.41) is 10.2. The number of rotatable bonds is 4. The van der Waals surface area contributed by atoms with Crippen molar-refractivity contribution in [3.63, 3.8) is 0 Å². The van der Waals surface area contributed by atoms with Gasteiger partial charge in [0.15, 0.2) is 11.3 Å². The molecular formula is C17H14ClFN2O3. The molecule has 0 aliphatic carbocycles. The van der Waals surface area contributed by atoms with E-state index in [0.717, 1.165) is 0 Å². The number of benzene rings is 1. The minimum atomic E-state index is -0.608. The van der Waals surface area contributed by atoms with Crippen molar-refractivity contribution < 1.29 is 9.50 Å². The first-order valence-electron chi connectivity index (χ1n) is 7.35. The van der Waals surface area contributed by atoms with E-state index in [-0.39, 0.29) is 11.3 Å². The summed E-state index contributed by atoms with van der Waals surface area (Å²) in [6, 6.07) is 5.68. The van der Waals surface area contributed by atoms with Crippen LogP contribution in [0.1, 0.15) is 12.0 Å². The van der Waals surface area contributed by atoms with Gasteiger partial charge in [0, 0.05) is 41.8 Å². The number of aryl methyl sites for hydroxylation is 1. The molecule has 0 unspecified atom stereocenters. The van der Waals surface area contributed by atoms with Crippen molar-refractivity contribution in [3.05, 3.63) is 79.8 Å². The monoisotopic (exact) mass is 348 g/mol. The van der Waals surface area contributed by atoms with Gasteiger partial charge in [0.05, 0.1) is 0 Å². The van der Waals surface area contributed by atoms with Gasteiger partial charge < -0.3 is 14.1 Å². The molecule has 1 N–H and O–H groups in total. The van der Waals surface area contributed by atoms with E-state index >= 15 is 0 Å². The first-order chi connectivity index (χ1) is 11.5. The fourth-order valence-corrected chi connectivity index (χ4v) is 2.86. The number of hydrogen-bond donors (Lipinski definition) is 1. The Morgan fingerprint density at radius 1 is 1.12 bits per heavy atom. The fourth-order valence-electron chi connectivity index (χ4n) is 2.61. The third kappa shape index (κ3) is 2.92. The largest absolute Gasteiger partial charge is 0.503 e. The van der Waals surface area contributed by atoms with Gasteiger partial charge in [-0.05, 0) is 25.0 Å². The molecule has 0 saturated carbocycles. The number of hydrogen-bond acceptors (Lipinski definition) is 3. The van der Waals surface area contributed by atoms with Crippen LogP contribution in [0.25, 0.3) is 5.52 Å². The summed E-state index contributed by atoms with van der Waals surface area (Å²) < 4.78 is 16.5. The molecule has 0 aliphatic rings. The minimum Gasteiger partial charge on any atom is -0.503 e. The topological polar surface area (TPSA) is 63.7 Å². The van der Waals surface area contributed by atoms with Crippen LogP contribution in [-0.4, -0.2) is 14.1 Å². The first-order valence-corrected chi connectivity index (χ1v) is 7.73. The Morgan fingerprint density at radius 2 is 1.92 bits per heavy atom. The predicted molar refractivity (Wildman–Crippen MR) is 89.3 cm³/mol. The highest BCUT2D eigenvalue weighted by Gasteiger charge is 2.11. The van der Waals surface area contributed by atoms with Crippen molar-refractivity contribution in [3.8, 4) is 5.75 Å². The summed E-state index contributed by atoms with van der Waals surface area (Å²) in [6.07, 6.45) is 5.40. The van der Waals surface area contributed by atoms with E-state index in [1.807, 2.05) is 0 Å². The molecule has 0 atom stereocenters. The standard InChI is InChI=1S/C17H14ClFN2O3/c18-12-4-1-5-13(19)11(12)3-2-7-21-10-9-20-8-6-14(22)16(23)15(20)17(21)24/h1,4-6,8-10,23H,2-3,7H2. The smallest absolute Gasteiger partial charge is 0.278 e. The Hall–Kier alpha value is -2.60. The molecule has 7 heteroatoms. The van der Waals surface area contributed by atoms with Gasteiger partial charge in [0.2, 0.25) is 5.43 Å². The molecule has 0 amide bonds. The number of nitrogens with zero attached hydrogens (tertiary/aromatic N) is 2. The van der Waals surface area contributed by atoms with E-state index in [4.69, 9.17) is 11.6 Å². The van der Waals surface area contributed by atoms with Crippen LogP contribution >= 0.6 is 11.6 Å². The van der Waals surface area contributed by atoms with E-state index in [1.165, 1.54) is 33.4 Å². The number of aromatic nitrogens is 2. The molecule has 0 saturated heterocycles. The summed E-state index contributed by atoms with van der Waals surface area (Å²) in [7, 11) is 0. The SMILES string of the molecule is O=c1ccn2ccn(CCCc3c(F)cccc3Cl)c(=O)c2c1O. The molecule has 3 aromatic rings. The number of fused-ring (bicyclic) bond motifs is 1. The maximum atomic E-state index is 13.7. The van der Waals surface area contributed by atoms with Crippen LogP contribution in [0.4, 0.5) is 4.39 Å². The van der Waals surface area contributed by atoms with E-state index in [2.05, 4.69) is 0 Å². The van der Waals surface area contributed by atoms with Crippen LogP contribution in [0.15, 0.2) is 52.4 Å². The number of halogens is 2. The van der Waals surface area contributed by atoms with Crippen LogP contribution in [0, 0.1) is 5.82 Å². The van der Waals surface area contributed by atoms with Gasteiger partial charge in [-0.25, -0.2) is 4.39 Å². The van der Waals surface area contributed by atoms with Gasteiger partial charge in [-0.3, -0.25) is 9.59 Å². The predicted octanol–water partition coefficient (Wildman–Crippen LogP) is 2.59. The fraction of sp³-hybridized carbons (Fsp3) is 0.176. The van der Waals surface area contributed by atoms with E-state index < -0.39 is 16.7 Å². The lowest BCUT2D eigenvalue weighted by molar-refractivity contribution is 0.471. The zero-order valence-corrected chi connectivity index (χ0v) is 13.3. The van der Waals surface area contributed by atoms with Crippen LogP contribution in [0.5, 0.6) is 5.75 Å². The van der Waals surface area contributed by atoms with Crippen molar-refractivity contribution in [1.29, 1.82) is 0 Å². The first kappa shape index (κ1) is 16.3. The van der Waals surface area contributed by atoms with E-state index in [0.29, 0.717) is 30.0 Å². The Balaban J connectivity index is 1.86. The Morgan fingerprint density at radius 3 is 2.67 bits per heavy atom. The third-order valence-electron chi connectivity index (χ3n) is 3.86. The van der Waals surface area contributed by atoms with Gasteiger partial charge in [0.1, 0.15) is 5.82 Å². The second-order valence-electron chi connectivity index (χ2n) is 5.38. The molecule has 0 bridgehead atoms. The van der Waals surface area contributed by atoms with Crippen LogP contribution in [0.3, 0.4) is 0 Å². The van der Waals surface area contributed by atoms with E-state index in [1.54, 1.807) is 18.5 Å². The average molecular weight is 349 g/mol. The normalized spacial score (nSPS) is 11.1. The highest BCUT2D eigenvalue weighted by atomic mass is 35.5. The van der Waals surface area contributed by atoms with Crippen molar-refractivity contribution in [2.24, 2.45) is 0 Å². The maximum absolute atomic E-state index is 13.7. The number of pyridine rings is 1. The highest BCUT2D eigenvalue weighted by Crippen LogP contribution is 2.20. The van der Waals surface area contributed by atoms with Crippen molar-refractivity contribution in [2.45, 2.75) is 19.4 Å². The summed E-state index contributed by atoms with van der Waals surface area (Å²) >= 11 is 5.98. The minimum absolute atomic E-state index is 0.0751. The molecule has 5 nitrogen and oxygen atoms in total. The molecule has 2 aromatic heterocycles. The molecular weight excluding hydrogens is 335 g/mol. The Kier molecular flexibility index (Phi) is 4.40. The average Bonchev–Trinajstić information content (AvgIpc) is 2.55. The quantitative estimate of drug-likeness (QED) is 0.788. The number of aromatic hydroxyl groups is 1. The maximum Gasteiger partial charge on any atom is 0.278 e. The van der Waals surface area contributed by atoms with Gasteiger partial charge in [-0.2, -0.15) is 0 Å². The molecule has 0 fully saturated rings. The third-order valence-corrected chi connectivity index (χ3v) is 4.21. The van der Waals surface area contributed by atoms with Crippen LogP contribution in [0.2, 0.25) is 5.02 Å². The summed E-state index contributed by atoms with van der Waals surface area (Å²) in [6.45, 7) is 0.308. The van der Waals surface area contributed by atoms with Gasteiger partial charge >= 0.3 is 0 Å². The van der Waals surface area contributed by atoms with Crippen molar-refractivity contribution in [2.75, 3.05) is 0 Å². The lowest BCUT2D eigenvalue weighted by atomic mass is 10.1. The highest BCUT2D eigenvalue weighted by molar-refractivity contribution is 6.31. The summed E-state index contributed by atoms with van der Waals surface area (Å²) in [4.78, 5) is 23.9. The molecule has 0 aliphatic heterocycles. The molecule has 3 rings (SSSR count). The summed E-state index contributed by atoms with van der Waals surface area (Å²) in [5.74, 6) is -0.952. The van der Waals surface area contributed by atoms with Crippen molar-refractivity contribution in [1.82, 2.24) is 8.97 Å². The van der Waals surface area contributed by atoms with Gasteiger partial charge in [-0.1, -0.05) is 17.7 Å². The molecule has 0 radical (unpaired) electrons. The Labute approximate surface area is 141 Å². The Bertz CT molecular complexity index is 1010. The molecule has 24 heavy (non-hydrogen) atoms.